The lowest BCUT2D eigenvalue weighted by Gasteiger charge is -2.26. The van der Waals surface area contributed by atoms with Gasteiger partial charge in [-0.3, -0.25) is 14.4 Å². The number of aliphatic hydroxyl groups is 1. The van der Waals surface area contributed by atoms with Crippen LogP contribution in [0.25, 0.3) is 0 Å². The standard InChI is InChI=1S/C27H34N4O8/c1-15(32)23(26(37)30-22(27(38)39)14-17-6-10-19(34)11-7-17)31-25(36)21(13-16-4-8-18(33)9-5-16)29-24(35)20-3-2-12-28-20/h4-11,15,20-23,28,32-34H,2-3,12-14H2,1H3,(H,29,35)(H,30,37)(H,31,36)(H,38,39). The van der Waals surface area contributed by atoms with Gasteiger partial charge in [0.1, 0.15) is 29.6 Å². The van der Waals surface area contributed by atoms with Crippen LogP contribution in [0.15, 0.2) is 48.5 Å². The molecular weight excluding hydrogens is 508 g/mol. The Morgan fingerprint density at radius 2 is 1.38 bits per heavy atom. The molecule has 1 saturated heterocycles. The molecule has 3 rings (SSSR count). The summed E-state index contributed by atoms with van der Waals surface area (Å²) in [5.41, 5.74) is 1.17. The van der Waals surface area contributed by atoms with E-state index in [2.05, 4.69) is 21.3 Å². The average Bonchev–Trinajstić information content (AvgIpc) is 3.44. The summed E-state index contributed by atoms with van der Waals surface area (Å²) in [6, 6.07) is 7.40. The number of nitrogens with one attached hydrogen (secondary N) is 4. The Bertz CT molecular complexity index is 1150. The molecule has 0 bridgehead atoms. The number of phenols is 2. The maximum atomic E-state index is 13.3. The van der Waals surface area contributed by atoms with E-state index < -0.39 is 48.1 Å². The van der Waals surface area contributed by atoms with E-state index in [1.165, 1.54) is 43.3 Å². The van der Waals surface area contributed by atoms with Gasteiger partial charge in [-0.2, -0.15) is 0 Å². The van der Waals surface area contributed by atoms with Gasteiger partial charge in [0.25, 0.3) is 0 Å². The SMILES string of the molecule is CC(O)C(NC(=O)C(Cc1ccc(O)cc1)NC(=O)C1CCCN1)C(=O)NC(Cc1ccc(O)cc1)C(=O)O. The van der Waals surface area contributed by atoms with Gasteiger partial charge in [-0.05, 0) is 61.7 Å². The van der Waals surface area contributed by atoms with Crippen molar-refractivity contribution < 1.29 is 39.6 Å². The molecule has 3 amide bonds. The van der Waals surface area contributed by atoms with Crippen LogP contribution in [0.5, 0.6) is 11.5 Å². The number of carboxylic acid groups (broad SMARTS) is 1. The Labute approximate surface area is 225 Å². The van der Waals surface area contributed by atoms with Crippen LogP contribution in [0.2, 0.25) is 0 Å². The number of aliphatic hydroxyl groups excluding tert-OH is 1. The fourth-order valence-electron chi connectivity index (χ4n) is 4.25. The zero-order valence-corrected chi connectivity index (χ0v) is 21.5. The van der Waals surface area contributed by atoms with Gasteiger partial charge in [-0.25, -0.2) is 4.79 Å². The molecule has 1 fully saturated rings. The number of aliphatic carboxylic acids is 1. The monoisotopic (exact) mass is 542 g/mol. The molecule has 0 saturated carbocycles. The van der Waals surface area contributed by atoms with Gasteiger partial charge in [0.05, 0.1) is 12.1 Å². The maximum absolute atomic E-state index is 13.3. The molecule has 2 aromatic carbocycles. The lowest BCUT2D eigenvalue weighted by molar-refractivity contribution is -0.143. The fourth-order valence-corrected chi connectivity index (χ4v) is 4.25. The smallest absolute Gasteiger partial charge is 0.326 e. The van der Waals surface area contributed by atoms with Gasteiger partial charge in [0, 0.05) is 12.8 Å². The predicted octanol–water partition coefficient (Wildman–Crippen LogP) is -0.445. The van der Waals surface area contributed by atoms with Crippen LogP contribution in [0.4, 0.5) is 0 Å². The predicted molar refractivity (Wildman–Crippen MR) is 140 cm³/mol. The van der Waals surface area contributed by atoms with Crippen molar-refractivity contribution in [1.82, 2.24) is 21.3 Å². The van der Waals surface area contributed by atoms with Crippen LogP contribution < -0.4 is 21.3 Å². The zero-order valence-electron chi connectivity index (χ0n) is 21.5. The summed E-state index contributed by atoms with van der Waals surface area (Å²) in [6.07, 6.45) is -0.0342. The third kappa shape index (κ3) is 8.69. The van der Waals surface area contributed by atoms with Crippen LogP contribution in [0.1, 0.15) is 30.9 Å². The molecule has 210 valence electrons. The Hall–Kier alpha value is -4.16. The number of hydrogen-bond donors (Lipinski definition) is 8. The largest absolute Gasteiger partial charge is 0.508 e. The van der Waals surface area contributed by atoms with E-state index in [4.69, 9.17) is 0 Å². The second-order valence-electron chi connectivity index (χ2n) is 9.58. The first-order valence-electron chi connectivity index (χ1n) is 12.6. The van der Waals surface area contributed by atoms with Crippen molar-refractivity contribution in [2.24, 2.45) is 0 Å². The van der Waals surface area contributed by atoms with Crippen molar-refractivity contribution in [2.75, 3.05) is 6.54 Å². The molecule has 1 aliphatic heterocycles. The summed E-state index contributed by atoms with van der Waals surface area (Å²) < 4.78 is 0. The lowest BCUT2D eigenvalue weighted by atomic mass is 10.0. The molecule has 1 aliphatic rings. The molecule has 39 heavy (non-hydrogen) atoms. The number of carboxylic acids is 1. The highest BCUT2D eigenvalue weighted by Crippen LogP contribution is 2.14. The van der Waals surface area contributed by atoms with Gasteiger partial charge in [0.2, 0.25) is 17.7 Å². The molecule has 0 spiro atoms. The summed E-state index contributed by atoms with van der Waals surface area (Å²) in [5.74, 6) is -3.34. The van der Waals surface area contributed by atoms with E-state index in [9.17, 15) is 39.6 Å². The van der Waals surface area contributed by atoms with E-state index in [0.717, 1.165) is 6.42 Å². The quantitative estimate of drug-likeness (QED) is 0.175. The number of carbonyl (C=O) groups excluding carboxylic acids is 3. The zero-order chi connectivity index (χ0) is 28.5. The molecule has 12 nitrogen and oxygen atoms in total. The highest BCUT2D eigenvalue weighted by Gasteiger charge is 2.33. The molecule has 5 unspecified atom stereocenters. The van der Waals surface area contributed by atoms with Crippen LogP contribution in [0, 0.1) is 0 Å². The second kappa shape index (κ2) is 13.6. The number of amides is 3. The van der Waals surface area contributed by atoms with E-state index in [-0.39, 0.29) is 30.2 Å². The molecule has 0 radical (unpaired) electrons. The maximum Gasteiger partial charge on any atom is 0.326 e. The van der Waals surface area contributed by atoms with E-state index in [0.29, 0.717) is 24.1 Å². The first kappa shape index (κ1) is 29.4. The minimum Gasteiger partial charge on any atom is -0.508 e. The van der Waals surface area contributed by atoms with Crippen LogP contribution in [-0.2, 0) is 32.0 Å². The third-order valence-corrected chi connectivity index (χ3v) is 6.44. The molecule has 1 heterocycles. The van der Waals surface area contributed by atoms with E-state index >= 15 is 0 Å². The van der Waals surface area contributed by atoms with Gasteiger partial charge in [-0.15, -0.1) is 0 Å². The Balaban J connectivity index is 1.73. The Morgan fingerprint density at radius 3 is 1.85 bits per heavy atom. The van der Waals surface area contributed by atoms with Crippen LogP contribution in [-0.4, -0.2) is 80.9 Å². The molecule has 8 N–H and O–H groups in total. The number of hydrogen-bond acceptors (Lipinski definition) is 8. The third-order valence-electron chi connectivity index (χ3n) is 6.44. The Kier molecular flexibility index (Phi) is 10.2. The molecule has 0 aromatic heterocycles. The summed E-state index contributed by atoms with van der Waals surface area (Å²) in [5, 5.41) is 49.5. The highest BCUT2D eigenvalue weighted by atomic mass is 16.4. The lowest BCUT2D eigenvalue weighted by Crippen LogP contribution is -2.60. The minimum atomic E-state index is -1.51. The summed E-state index contributed by atoms with van der Waals surface area (Å²) in [7, 11) is 0. The summed E-state index contributed by atoms with van der Waals surface area (Å²) in [4.78, 5) is 50.9. The fraction of sp³-hybridized carbons (Fsp3) is 0.407. The van der Waals surface area contributed by atoms with Gasteiger partial charge in [0.15, 0.2) is 0 Å². The van der Waals surface area contributed by atoms with Crippen molar-refractivity contribution in [3.63, 3.8) is 0 Å². The summed E-state index contributed by atoms with van der Waals surface area (Å²) >= 11 is 0. The number of aromatic hydroxyl groups is 2. The second-order valence-corrected chi connectivity index (χ2v) is 9.58. The van der Waals surface area contributed by atoms with Crippen molar-refractivity contribution in [2.45, 2.75) is 62.9 Å². The van der Waals surface area contributed by atoms with Crippen molar-refractivity contribution >= 4 is 23.7 Å². The highest BCUT2D eigenvalue weighted by molar-refractivity contribution is 5.94. The number of rotatable bonds is 12. The van der Waals surface area contributed by atoms with E-state index in [1.807, 2.05) is 0 Å². The summed E-state index contributed by atoms with van der Waals surface area (Å²) in [6.45, 7) is 1.95. The van der Waals surface area contributed by atoms with Crippen molar-refractivity contribution in [3.8, 4) is 11.5 Å². The normalized spacial score (nSPS) is 17.8. The topological polar surface area (TPSA) is 197 Å². The van der Waals surface area contributed by atoms with Gasteiger partial charge < -0.3 is 41.7 Å². The van der Waals surface area contributed by atoms with Gasteiger partial charge >= 0.3 is 5.97 Å². The molecule has 2 aromatic rings. The molecule has 5 atom stereocenters. The van der Waals surface area contributed by atoms with E-state index in [1.54, 1.807) is 12.1 Å². The number of carbonyl (C=O) groups is 4. The van der Waals surface area contributed by atoms with Crippen LogP contribution >= 0.6 is 0 Å². The molecule has 12 heteroatoms. The van der Waals surface area contributed by atoms with Crippen LogP contribution in [0.3, 0.4) is 0 Å². The molecular formula is C27H34N4O8. The number of benzene rings is 2. The first-order valence-corrected chi connectivity index (χ1v) is 12.6. The number of phenolic OH excluding ortho intramolecular Hbond substituents is 2. The van der Waals surface area contributed by atoms with Gasteiger partial charge in [-0.1, -0.05) is 24.3 Å². The van der Waals surface area contributed by atoms with Crippen molar-refractivity contribution in [3.05, 3.63) is 59.7 Å². The molecule has 0 aliphatic carbocycles. The Morgan fingerprint density at radius 1 is 0.846 bits per heavy atom. The van der Waals surface area contributed by atoms with Crippen molar-refractivity contribution in [1.29, 1.82) is 0 Å². The first-order chi connectivity index (χ1) is 18.5. The minimum absolute atomic E-state index is 0.00389. The average molecular weight is 543 g/mol.